The molecule has 0 fully saturated rings. The highest BCUT2D eigenvalue weighted by Gasteiger charge is 2.23. The molecule has 1 aromatic heterocycles. The van der Waals surface area contributed by atoms with Gasteiger partial charge in [0.1, 0.15) is 11.4 Å². The Kier molecular flexibility index (Phi) is 4.42. The number of para-hydroxylation sites is 1. The maximum Gasteiger partial charge on any atom is 0.360 e. The minimum atomic E-state index is -0.530. The Bertz CT molecular complexity index is 658. The first kappa shape index (κ1) is 14.8. The van der Waals surface area contributed by atoms with Crippen LogP contribution < -0.4 is 4.74 Å². The van der Waals surface area contributed by atoms with Crippen LogP contribution in [0, 0.1) is 13.8 Å². The molecule has 0 bridgehead atoms. The maximum atomic E-state index is 12.2. The Morgan fingerprint density at radius 2 is 1.76 bits per heavy atom. The van der Waals surface area contributed by atoms with Crippen LogP contribution in [0.3, 0.4) is 0 Å². The summed E-state index contributed by atoms with van der Waals surface area (Å²) < 4.78 is 10.3. The highest BCUT2D eigenvalue weighted by molar-refractivity contribution is 5.99. The molecule has 0 spiro atoms. The molecule has 0 radical (unpaired) electrons. The van der Waals surface area contributed by atoms with Gasteiger partial charge in [-0.2, -0.15) is 0 Å². The quantitative estimate of drug-likeness (QED) is 0.693. The molecular formula is C16H17NO4. The van der Waals surface area contributed by atoms with Crippen LogP contribution in [0.4, 0.5) is 0 Å². The molecule has 5 nitrogen and oxygen atoms in total. The fraction of sp³-hybridized carbons (Fsp3) is 0.250. The number of esters is 2. The molecule has 21 heavy (non-hydrogen) atoms. The molecule has 2 rings (SSSR count). The molecule has 0 aliphatic rings. The zero-order valence-corrected chi connectivity index (χ0v) is 12.2. The van der Waals surface area contributed by atoms with E-state index < -0.39 is 11.9 Å². The summed E-state index contributed by atoms with van der Waals surface area (Å²) in [7, 11) is 0. The van der Waals surface area contributed by atoms with Gasteiger partial charge in [0.25, 0.3) is 0 Å². The Balaban J connectivity index is 2.27. The third-order valence-corrected chi connectivity index (χ3v) is 3.07. The number of benzene rings is 1. The molecule has 0 saturated carbocycles. The molecule has 5 heteroatoms. The zero-order chi connectivity index (χ0) is 15.4. The Morgan fingerprint density at radius 3 is 2.38 bits per heavy atom. The normalized spacial score (nSPS) is 10.2. The second-order valence-corrected chi connectivity index (χ2v) is 4.55. The number of ether oxygens (including phenoxy) is 2. The van der Waals surface area contributed by atoms with Gasteiger partial charge in [-0.1, -0.05) is 18.2 Å². The predicted molar refractivity (Wildman–Crippen MR) is 77.6 cm³/mol. The van der Waals surface area contributed by atoms with Crippen molar-refractivity contribution in [3.05, 3.63) is 52.8 Å². The Morgan fingerprint density at radius 1 is 1.10 bits per heavy atom. The molecule has 0 aliphatic carbocycles. The van der Waals surface area contributed by atoms with Gasteiger partial charge in [-0.15, -0.1) is 0 Å². The van der Waals surface area contributed by atoms with Crippen molar-refractivity contribution in [1.82, 2.24) is 4.98 Å². The van der Waals surface area contributed by atoms with Crippen molar-refractivity contribution in [1.29, 1.82) is 0 Å². The second-order valence-electron chi connectivity index (χ2n) is 4.55. The summed E-state index contributed by atoms with van der Waals surface area (Å²) in [6.45, 7) is 5.43. The van der Waals surface area contributed by atoms with E-state index in [9.17, 15) is 9.59 Å². The van der Waals surface area contributed by atoms with E-state index in [1.54, 1.807) is 45.0 Å². The van der Waals surface area contributed by atoms with E-state index in [-0.39, 0.29) is 12.3 Å². The van der Waals surface area contributed by atoms with E-state index in [0.29, 0.717) is 22.6 Å². The van der Waals surface area contributed by atoms with Gasteiger partial charge in [-0.3, -0.25) is 0 Å². The second kappa shape index (κ2) is 6.26. The SMILES string of the molecule is CCOC(=O)c1c(C)[nH]c(C(=O)Oc2ccccc2)c1C. The molecule has 0 aliphatic heterocycles. The highest BCUT2D eigenvalue weighted by atomic mass is 16.5. The monoisotopic (exact) mass is 287 g/mol. The summed E-state index contributed by atoms with van der Waals surface area (Å²) in [6, 6.07) is 8.77. The van der Waals surface area contributed by atoms with E-state index in [1.165, 1.54) is 0 Å². The Hall–Kier alpha value is -2.56. The minimum Gasteiger partial charge on any atom is -0.462 e. The van der Waals surface area contributed by atoms with Gasteiger partial charge < -0.3 is 14.5 Å². The van der Waals surface area contributed by atoms with Gasteiger partial charge in [-0.25, -0.2) is 9.59 Å². The third kappa shape index (κ3) is 3.13. The van der Waals surface area contributed by atoms with Crippen LogP contribution in [0.2, 0.25) is 0 Å². The van der Waals surface area contributed by atoms with Crippen molar-refractivity contribution in [3.8, 4) is 5.75 Å². The first-order valence-electron chi connectivity index (χ1n) is 6.68. The van der Waals surface area contributed by atoms with E-state index in [2.05, 4.69) is 4.98 Å². The number of rotatable bonds is 4. The van der Waals surface area contributed by atoms with Crippen molar-refractivity contribution in [2.24, 2.45) is 0 Å². The maximum absolute atomic E-state index is 12.2. The fourth-order valence-electron chi connectivity index (χ4n) is 2.11. The van der Waals surface area contributed by atoms with Crippen LogP contribution in [-0.2, 0) is 4.74 Å². The number of hydrogen-bond donors (Lipinski definition) is 1. The van der Waals surface area contributed by atoms with Crippen LogP contribution in [0.1, 0.15) is 39.0 Å². The molecular weight excluding hydrogens is 270 g/mol. The molecule has 0 atom stereocenters. The lowest BCUT2D eigenvalue weighted by Crippen LogP contribution is -2.11. The number of carbonyl (C=O) groups is 2. The van der Waals surface area contributed by atoms with Crippen molar-refractivity contribution in [2.75, 3.05) is 6.61 Å². The molecule has 110 valence electrons. The average Bonchev–Trinajstić information content (AvgIpc) is 2.75. The Labute approximate surface area is 122 Å². The molecule has 0 unspecified atom stereocenters. The van der Waals surface area contributed by atoms with Gasteiger partial charge in [-0.05, 0) is 38.5 Å². The third-order valence-electron chi connectivity index (χ3n) is 3.07. The highest BCUT2D eigenvalue weighted by Crippen LogP contribution is 2.21. The number of aryl methyl sites for hydroxylation is 1. The van der Waals surface area contributed by atoms with Gasteiger partial charge >= 0.3 is 11.9 Å². The van der Waals surface area contributed by atoms with Crippen LogP contribution in [0.25, 0.3) is 0 Å². The first-order chi connectivity index (χ1) is 10.0. The van der Waals surface area contributed by atoms with E-state index >= 15 is 0 Å². The molecule has 1 aromatic carbocycles. The molecule has 1 heterocycles. The molecule has 0 amide bonds. The minimum absolute atomic E-state index is 0.263. The average molecular weight is 287 g/mol. The standard InChI is InChI=1S/C16H17NO4/c1-4-20-15(18)13-10(2)14(17-11(13)3)16(19)21-12-8-6-5-7-9-12/h5-9,17H,4H2,1-3H3. The molecule has 0 saturated heterocycles. The van der Waals surface area contributed by atoms with Crippen molar-refractivity contribution >= 4 is 11.9 Å². The lowest BCUT2D eigenvalue weighted by molar-refractivity contribution is 0.0525. The number of H-pyrrole nitrogens is 1. The molecule has 1 N–H and O–H groups in total. The summed E-state index contributed by atoms with van der Waals surface area (Å²) in [5.41, 5.74) is 1.77. The summed E-state index contributed by atoms with van der Waals surface area (Å²) in [5.74, 6) is -0.522. The van der Waals surface area contributed by atoms with Gasteiger partial charge in [0.2, 0.25) is 0 Å². The number of carbonyl (C=O) groups excluding carboxylic acids is 2. The summed E-state index contributed by atoms with van der Waals surface area (Å²) in [4.78, 5) is 27.0. The topological polar surface area (TPSA) is 68.4 Å². The summed E-state index contributed by atoms with van der Waals surface area (Å²) in [5, 5.41) is 0. The van der Waals surface area contributed by atoms with Gasteiger partial charge in [0, 0.05) is 5.69 Å². The van der Waals surface area contributed by atoms with Crippen molar-refractivity contribution in [3.63, 3.8) is 0 Å². The lowest BCUT2D eigenvalue weighted by atomic mass is 10.1. The number of aromatic nitrogens is 1. The van der Waals surface area contributed by atoms with Crippen LogP contribution in [-0.4, -0.2) is 23.5 Å². The van der Waals surface area contributed by atoms with Gasteiger partial charge in [0.05, 0.1) is 12.2 Å². The van der Waals surface area contributed by atoms with Crippen LogP contribution in [0.15, 0.2) is 30.3 Å². The van der Waals surface area contributed by atoms with Gasteiger partial charge in [0.15, 0.2) is 0 Å². The first-order valence-corrected chi connectivity index (χ1v) is 6.68. The van der Waals surface area contributed by atoms with E-state index in [4.69, 9.17) is 9.47 Å². The molecule has 2 aromatic rings. The smallest absolute Gasteiger partial charge is 0.360 e. The zero-order valence-electron chi connectivity index (χ0n) is 12.2. The summed E-state index contributed by atoms with van der Waals surface area (Å²) >= 11 is 0. The van der Waals surface area contributed by atoms with Crippen molar-refractivity contribution < 1.29 is 19.1 Å². The van der Waals surface area contributed by atoms with Crippen LogP contribution >= 0.6 is 0 Å². The van der Waals surface area contributed by atoms with E-state index in [1.807, 2.05) is 6.07 Å². The lowest BCUT2D eigenvalue weighted by Gasteiger charge is -2.04. The summed E-state index contributed by atoms with van der Waals surface area (Å²) in [6.07, 6.45) is 0. The predicted octanol–water partition coefficient (Wildman–Crippen LogP) is 3.03. The van der Waals surface area contributed by atoms with Crippen LogP contribution in [0.5, 0.6) is 5.75 Å². The van der Waals surface area contributed by atoms with Crippen molar-refractivity contribution in [2.45, 2.75) is 20.8 Å². The number of hydrogen-bond acceptors (Lipinski definition) is 4. The number of aromatic amines is 1. The number of nitrogens with one attached hydrogen (secondary N) is 1. The van der Waals surface area contributed by atoms with E-state index in [0.717, 1.165) is 0 Å². The fourth-order valence-corrected chi connectivity index (χ4v) is 2.11. The largest absolute Gasteiger partial charge is 0.462 e.